The first-order chi connectivity index (χ1) is 14.1. The smallest absolute Gasteiger partial charge is 0.268 e. The van der Waals surface area contributed by atoms with Gasteiger partial charge in [-0.2, -0.15) is 0 Å². The zero-order valence-corrected chi connectivity index (χ0v) is 16.6. The molecular weight excluding hydrogens is 362 g/mol. The summed E-state index contributed by atoms with van der Waals surface area (Å²) in [6.07, 6.45) is 8.24. The topological polar surface area (TPSA) is 64.0 Å². The first kappa shape index (κ1) is 19.1. The van der Waals surface area contributed by atoms with Gasteiger partial charge in [0.2, 0.25) is 0 Å². The zero-order valence-electron chi connectivity index (χ0n) is 16.6. The highest BCUT2D eigenvalue weighted by molar-refractivity contribution is 5.95. The van der Waals surface area contributed by atoms with Crippen LogP contribution in [0.2, 0.25) is 0 Å². The maximum absolute atomic E-state index is 13.2. The molecule has 5 nitrogen and oxygen atoms in total. The number of amides is 1. The van der Waals surface area contributed by atoms with E-state index in [1.54, 1.807) is 17.0 Å². The molecule has 0 unspecified atom stereocenters. The van der Waals surface area contributed by atoms with Crippen molar-refractivity contribution in [2.24, 2.45) is 0 Å². The fraction of sp³-hybridized carbons (Fsp3) is 0.292. The van der Waals surface area contributed by atoms with E-state index in [0.717, 1.165) is 43.5 Å². The molecule has 4 rings (SSSR count). The first-order valence-corrected chi connectivity index (χ1v) is 10.2. The van der Waals surface area contributed by atoms with Crippen molar-refractivity contribution in [1.82, 2.24) is 14.9 Å². The maximum Gasteiger partial charge on any atom is 0.268 e. The quantitative estimate of drug-likeness (QED) is 0.660. The molecule has 1 aliphatic rings. The van der Waals surface area contributed by atoms with Gasteiger partial charge >= 0.3 is 0 Å². The molecule has 0 spiro atoms. The number of aromatic nitrogens is 2. The summed E-state index contributed by atoms with van der Waals surface area (Å²) in [5.74, 6) is -0.310. The highest BCUT2D eigenvalue weighted by Crippen LogP contribution is 2.27. The molecule has 0 bridgehead atoms. The highest BCUT2D eigenvalue weighted by Gasteiger charge is 2.20. The summed E-state index contributed by atoms with van der Waals surface area (Å²) in [6.45, 7) is 2.31. The van der Waals surface area contributed by atoms with Gasteiger partial charge < -0.3 is 5.32 Å². The molecule has 2 heterocycles. The molecule has 3 aromatic rings. The minimum Gasteiger partial charge on any atom is -0.352 e. The molecule has 0 saturated heterocycles. The van der Waals surface area contributed by atoms with Crippen molar-refractivity contribution in [2.75, 3.05) is 6.54 Å². The molecular formula is C24H25N3O2. The summed E-state index contributed by atoms with van der Waals surface area (Å²) >= 11 is 0. The molecule has 0 aliphatic heterocycles. The van der Waals surface area contributed by atoms with E-state index in [4.69, 9.17) is 0 Å². The van der Waals surface area contributed by atoms with E-state index in [1.807, 2.05) is 43.3 Å². The number of carbonyl (C=O) groups is 1. The molecule has 148 valence electrons. The Morgan fingerprint density at radius 3 is 2.86 bits per heavy atom. The second kappa shape index (κ2) is 8.43. The lowest BCUT2D eigenvalue weighted by Crippen LogP contribution is -2.34. The van der Waals surface area contributed by atoms with Crippen molar-refractivity contribution in [3.8, 4) is 5.69 Å². The van der Waals surface area contributed by atoms with E-state index in [9.17, 15) is 9.59 Å². The minimum atomic E-state index is -0.310. The van der Waals surface area contributed by atoms with Crippen LogP contribution in [0.15, 0.2) is 59.7 Å². The van der Waals surface area contributed by atoms with Crippen molar-refractivity contribution < 1.29 is 4.79 Å². The molecule has 0 radical (unpaired) electrons. The standard InChI is InChI=1S/C24H25N3O2/c1-17-13-16-27(21-12-5-8-18-7-4-11-20(18)21)24(29)22(17)23(28)26-15-6-10-19-9-2-3-14-25-19/h2-3,5,8-9,12-14,16H,4,6-7,10-11,15H2,1H3,(H,26,28). The molecule has 1 amide bonds. The average molecular weight is 387 g/mol. The third kappa shape index (κ3) is 3.99. The van der Waals surface area contributed by atoms with Gasteiger partial charge in [0.15, 0.2) is 0 Å². The number of hydrogen-bond donors (Lipinski definition) is 1. The number of nitrogens with zero attached hydrogens (tertiary/aromatic N) is 2. The summed E-state index contributed by atoms with van der Waals surface area (Å²) < 4.78 is 1.62. The van der Waals surface area contributed by atoms with Gasteiger partial charge in [-0.1, -0.05) is 18.2 Å². The van der Waals surface area contributed by atoms with E-state index in [2.05, 4.69) is 16.4 Å². The van der Waals surface area contributed by atoms with Crippen LogP contribution >= 0.6 is 0 Å². The lowest BCUT2D eigenvalue weighted by molar-refractivity contribution is 0.0950. The van der Waals surface area contributed by atoms with Crippen LogP contribution in [0.1, 0.15) is 45.6 Å². The Kier molecular flexibility index (Phi) is 5.56. The lowest BCUT2D eigenvalue weighted by Gasteiger charge is -2.14. The van der Waals surface area contributed by atoms with Gasteiger partial charge in [0, 0.05) is 24.6 Å². The fourth-order valence-corrected chi connectivity index (χ4v) is 4.02. The monoisotopic (exact) mass is 387 g/mol. The third-order valence-corrected chi connectivity index (χ3v) is 5.53. The van der Waals surface area contributed by atoms with Crippen LogP contribution in [0.5, 0.6) is 0 Å². The molecule has 1 aliphatic carbocycles. The minimum absolute atomic E-state index is 0.223. The normalized spacial score (nSPS) is 12.6. The number of aryl methyl sites for hydroxylation is 3. The van der Waals surface area contributed by atoms with Gasteiger partial charge in [-0.3, -0.25) is 19.1 Å². The van der Waals surface area contributed by atoms with E-state index in [-0.39, 0.29) is 17.0 Å². The van der Waals surface area contributed by atoms with Gasteiger partial charge in [-0.25, -0.2) is 0 Å². The number of carbonyl (C=O) groups excluding carboxylic acids is 1. The van der Waals surface area contributed by atoms with E-state index < -0.39 is 0 Å². The van der Waals surface area contributed by atoms with Crippen LogP contribution in [0.3, 0.4) is 0 Å². The third-order valence-electron chi connectivity index (χ3n) is 5.53. The van der Waals surface area contributed by atoms with Crippen LogP contribution in [-0.2, 0) is 19.3 Å². The molecule has 0 atom stereocenters. The molecule has 0 saturated carbocycles. The lowest BCUT2D eigenvalue weighted by atomic mass is 10.1. The number of benzene rings is 1. The largest absolute Gasteiger partial charge is 0.352 e. The molecule has 29 heavy (non-hydrogen) atoms. The predicted molar refractivity (Wildman–Crippen MR) is 114 cm³/mol. The summed E-state index contributed by atoms with van der Waals surface area (Å²) in [5, 5.41) is 2.90. The molecule has 1 aromatic carbocycles. The van der Waals surface area contributed by atoms with Crippen molar-refractivity contribution in [1.29, 1.82) is 0 Å². The van der Waals surface area contributed by atoms with Gasteiger partial charge in [-0.15, -0.1) is 0 Å². The van der Waals surface area contributed by atoms with E-state index in [0.29, 0.717) is 12.1 Å². The van der Waals surface area contributed by atoms with Gasteiger partial charge in [0.25, 0.3) is 11.5 Å². The Labute approximate surface area is 170 Å². The summed E-state index contributed by atoms with van der Waals surface area (Å²) in [7, 11) is 0. The predicted octanol–water partition coefficient (Wildman–Crippen LogP) is 3.39. The summed E-state index contributed by atoms with van der Waals surface area (Å²) in [6, 6.07) is 13.7. The molecule has 1 N–H and O–H groups in total. The first-order valence-electron chi connectivity index (χ1n) is 10.2. The SMILES string of the molecule is Cc1ccn(-c2cccc3c2CCC3)c(=O)c1C(=O)NCCCc1ccccn1. The molecule has 0 fully saturated rings. The molecule has 2 aromatic heterocycles. The van der Waals surface area contributed by atoms with Gasteiger partial charge in [0.05, 0.1) is 5.69 Å². The number of nitrogens with one attached hydrogen (secondary N) is 1. The fourth-order valence-electron chi connectivity index (χ4n) is 4.02. The van der Waals surface area contributed by atoms with Crippen molar-refractivity contribution in [2.45, 2.75) is 39.0 Å². The maximum atomic E-state index is 13.2. The Hall–Kier alpha value is -3.21. The van der Waals surface area contributed by atoms with Crippen LogP contribution in [0.25, 0.3) is 5.69 Å². The molecule has 5 heteroatoms. The zero-order chi connectivity index (χ0) is 20.2. The van der Waals surface area contributed by atoms with Crippen LogP contribution in [-0.4, -0.2) is 22.0 Å². The van der Waals surface area contributed by atoms with Crippen LogP contribution in [0, 0.1) is 6.92 Å². The highest BCUT2D eigenvalue weighted by atomic mass is 16.2. The van der Waals surface area contributed by atoms with Crippen molar-refractivity contribution >= 4 is 5.91 Å². The Balaban J connectivity index is 1.52. The van der Waals surface area contributed by atoms with Crippen LogP contribution in [0.4, 0.5) is 0 Å². The number of fused-ring (bicyclic) bond motifs is 1. The number of rotatable bonds is 6. The number of hydrogen-bond acceptors (Lipinski definition) is 3. The Morgan fingerprint density at radius 1 is 1.14 bits per heavy atom. The van der Waals surface area contributed by atoms with Crippen LogP contribution < -0.4 is 10.9 Å². The van der Waals surface area contributed by atoms with Gasteiger partial charge in [0.1, 0.15) is 5.56 Å². The average Bonchev–Trinajstić information content (AvgIpc) is 3.21. The van der Waals surface area contributed by atoms with E-state index in [1.165, 1.54) is 11.1 Å². The summed E-state index contributed by atoms with van der Waals surface area (Å²) in [5.41, 5.74) is 5.08. The Bertz CT molecular complexity index is 1090. The second-order valence-electron chi connectivity index (χ2n) is 7.50. The van der Waals surface area contributed by atoms with Crippen molar-refractivity contribution in [3.63, 3.8) is 0 Å². The van der Waals surface area contributed by atoms with Gasteiger partial charge in [-0.05, 0) is 80.0 Å². The van der Waals surface area contributed by atoms with E-state index >= 15 is 0 Å². The van der Waals surface area contributed by atoms with Crippen molar-refractivity contribution in [3.05, 3.63) is 93.2 Å². The second-order valence-corrected chi connectivity index (χ2v) is 7.50. The summed E-state index contributed by atoms with van der Waals surface area (Å²) in [4.78, 5) is 30.2. The number of pyridine rings is 2. The Morgan fingerprint density at radius 2 is 2.03 bits per heavy atom.